The van der Waals surface area contributed by atoms with Crippen LogP contribution in [0.25, 0.3) is 0 Å². The molecule has 1 aromatic carbocycles. The van der Waals surface area contributed by atoms with Gasteiger partial charge in [0.2, 0.25) is 0 Å². The van der Waals surface area contributed by atoms with Gasteiger partial charge in [-0.25, -0.2) is 4.79 Å². The molecule has 2 N–H and O–H groups in total. The summed E-state index contributed by atoms with van der Waals surface area (Å²) in [5.41, 5.74) is 0.460. The fraction of sp³-hybridized carbons (Fsp3) is 0.588. The van der Waals surface area contributed by atoms with E-state index in [1.807, 2.05) is 24.3 Å². The normalized spacial score (nSPS) is 12.6. The van der Waals surface area contributed by atoms with E-state index in [-0.39, 0.29) is 12.6 Å². The van der Waals surface area contributed by atoms with Crippen LogP contribution >= 0.6 is 0 Å². The van der Waals surface area contributed by atoms with Crippen LogP contribution in [0.5, 0.6) is 5.75 Å². The Hall–Kier alpha value is -1.75. The third-order valence-corrected chi connectivity index (χ3v) is 2.82. The number of carbonyl (C=O) groups is 1. The molecule has 1 atom stereocenters. The number of aliphatic hydroxyl groups is 1. The summed E-state index contributed by atoms with van der Waals surface area (Å²) in [5, 5.41) is 12.1. The molecule has 5 nitrogen and oxygen atoms in total. The molecule has 0 unspecified atom stereocenters. The second-order valence-electron chi connectivity index (χ2n) is 6.22. The van der Waals surface area contributed by atoms with Crippen LogP contribution in [0, 0.1) is 0 Å². The number of nitrogens with one attached hydrogen (secondary N) is 1. The first-order valence-corrected chi connectivity index (χ1v) is 7.66. The minimum absolute atomic E-state index is 0.146. The monoisotopic (exact) mass is 309 g/mol. The first-order chi connectivity index (χ1) is 10.3. The topological polar surface area (TPSA) is 67.8 Å². The molecule has 1 rings (SSSR count). The van der Waals surface area contributed by atoms with Crippen molar-refractivity contribution in [2.45, 2.75) is 52.2 Å². The highest BCUT2D eigenvalue weighted by atomic mass is 16.6. The van der Waals surface area contributed by atoms with E-state index >= 15 is 0 Å². The van der Waals surface area contributed by atoms with Crippen molar-refractivity contribution in [1.82, 2.24) is 5.32 Å². The van der Waals surface area contributed by atoms with E-state index < -0.39 is 11.7 Å². The minimum Gasteiger partial charge on any atom is -0.494 e. The lowest BCUT2D eigenvalue weighted by molar-refractivity contribution is 0.0483. The molecule has 0 aliphatic rings. The molecular weight excluding hydrogens is 282 g/mol. The molecule has 0 fully saturated rings. The summed E-state index contributed by atoms with van der Waals surface area (Å²) in [4.78, 5) is 11.7. The van der Waals surface area contributed by atoms with Crippen LogP contribution in [-0.2, 0) is 11.2 Å². The number of carbonyl (C=O) groups excluding carboxylic acids is 1. The number of alkyl carbamates (subject to hydrolysis) is 1. The molecule has 0 heterocycles. The standard InChI is InChI=1S/C17H27NO4/c1-5-10-21-15-8-6-13(7-9-15)11-14(12-19)18-16(20)22-17(2,3)4/h6-9,14,19H,5,10-12H2,1-4H3,(H,18,20)/t14-/m0/s1. The number of ether oxygens (including phenoxy) is 2. The summed E-state index contributed by atoms with van der Waals surface area (Å²) < 4.78 is 10.7. The minimum atomic E-state index is -0.553. The van der Waals surface area contributed by atoms with Crippen LogP contribution in [0.2, 0.25) is 0 Å². The zero-order chi connectivity index (χ0) is 16.6. The van der Waals surface area contributed by atoms with E-state index in [9.17, 15) is 9.90 Å². The molecule has 1 amide bonds. The van der Waals surface area contributed by atoms with E-state index in [2.05, 4.69) is 12.2 Å². The summed E-state index contributed by atoms with van der Waals surface area (Å²) in [5.74, 6) is 0.825. The predicted octanol–water partition coefficient (Wildman–Crippen LogP) is 2.90. The van der Waals surface area contributed by atoms with Gasteiger partial charge in [-0.1, -0.05) is 19.1 Å². The number of aliphatic hydroxyl groups excluding tert-OH is 1. The molecule has 124 valence electrons. The third kappa shape index (κ3) is 7.31. The Kier molecular flexibility index (Phi) is 7.18. The molecule has 0 aliphatic carbocycles. The average molecular weight is 309 g/mol. The van der Waals surface area contributed by atoms with Gasteiger partial charge in [-0.15, -0.1) is 0 Å². The maximum atomic E-state index is 11.7. The molecular formula is C17H27NO4. The lowest BCUT2D eigenvalue weighted by atomic mass is 10.1. The van der Waals surface area contributed by atoms with Crippen molar-refractivity contribution < 1.29 is 19.4 Å². The summed E-state index contributed by atoms with van der Waals surface area (Å²) in [7, 11) is 0. The van der Waals surface area contributed by atoms with Gasteiger partial charge < -0.3 is 19.9 Å². The van der Waals surface area contributed by atoms with Gasteiger partial charge in [-0.2, -0.15) is 0 Å². The Morgan fingerprint density at radius 3 is 2.41 bits per heavy atom. The Labute approximate surface area is 132 Å². The number of amides is 1. The zero-order valence-corrected chi connectivity index (χ0v) is 13.9. The molecule has 0 bridgehead atoms. The van der Waals surface area contributed by atoms with Crippen LogP contribution in [-0.4, -0.2) is 36.1 Å². The third-order valence-electron chi connectivity index (χ3n) is 2.82. The molecule has 0 saturated heterocycles. The van der Waals surface area contributed by atoms with Crippen LogP contribution in [0.4, 0.5) is 4.79 Å². The van der Waals surface area contributed by atoms with Crippen LogP contribution < -0.4 is 10.1 Å². The summed E-state index contributed by atoms with van der Waals surface area (Å²) in [6.45, 7) is 8.01. The van der Waals surface area contributed by atoms with E-state index in [0.717, 1.165) is 17.7 Å². The highest BCUT2D eigenvalue weighted by Gasteiger charge is 2.19. The predicted molar refractivity (Wildman–Crippen MR) is 86.2 cm³/mol. The molecule has 5 heteroatoms. The van der Waals surface area contributed by atoms with Gasteiger partial charge in [0.15, 0.2) is 0 Å². The molecule has 1 aromatic rings. The first-order valence-electron chi connectivity index (χ1n) is 7.66. The van der Waals surface area contributed by atoms with Crippen molar-refractivity contribution in [2.24, 2.45) is 0 Å². The first kappa shape index (κ1) is 18.3. The fourth-order valence-electron chi connectivity index (χ4n) is 1.86. The lowest BCUT2D eigenvalue weighted by Crippen LogP contribution is -2.42. The van der Waals surface area contributed by atoms with Gasteiger partial charge in [-0.05, 0) is 51.3 Å². The number of benzene rings is 1. The van der Waals surface area contributed by atoms with Crippen molar-refractivity contribution >= 4 is 6.09 Å². The maximum Gasteiger partial charge on any atom is 0.407 e. The lowest BCUT2D eigenvalue weighted by Gasteiger charge is -2.22. The van der Waals surface area contributed by atoms with E-state index in [1.165, 1.54) is 0 Å². The Morgan fingerprint density at radius 1 is 1.27 bits per heavy atom. The molecule has 0 saturated carbocycles. The zero-order valence-electron chi connectivity index (χ0n) is 13.9. The Balaban J connectivity index is 2.53. The Bertz CT molecular complexity index is 451. The van der Waals surface area contributed by atoms with Gasteiger partial charge in [0.05, 0.1) is 19.3 Å². The smallest absolute Gasteiger partial charge is 0.407 e. The van der Waals surface area contributed by atoms with Gasteiger partial charge >= 0.3 is 6.09 Å². The molecule has 0 aliphatic heterocycles. The van der Waals surface area contributed by atoms with Crippen LogP contribution in [0.1, 0.15) is 39.7 Å². The quantitative estimate of drug-likeness (QED) is 0.812. The second-order valence-corrected chi connectivity index (χ2v) is 6.22. The number of rotatable bonds is 7. The van der Waals surface area contributed by atoms with E-state index in [0.29, 0.717) is 13.0 Å². The maximum absolute atomic E-state index is 11.7. The van der Waals surface area contributed by atoms with Crippen LogP contribution in [0.15, 0.2) is 24.3 Å². The van der Waals surface area contributed by atoms with E-state index in [4.69, 9.17) is 9.47 Å². The van der Waals surface area contributed by atoms with Crippen molar-refractivity contribution in [1.29, 1.82) is 0 Å². The highest BCUT2D eigenvalue weighted by molar-refractivity contribution is 5.68. The largest absolute Gasteiger partial charge is 0.494 e. The second kappa shape index (κ2) is 8.63. The molecule has 0 spiro atoms. The van der Waals surface area contributed by atoms with Crippen LogP contribution in [0.3, 0.4) is 0 Å². The van der Waals surface area contributed by atoms with Crippen molar-refractivity contribution in [2.75, 3.05) is 13.2 Å². The average Bonchev–Trinajstić information content (AvgIpc) is 2.43. The Morgan fingerprint density at radius 2 is 1.91 bits per heavy atom. The highest BCUT2D eigenvalue weighted by Crippen LogP contribution is 2.14. The van der Waals surface area contributed by atoms with Gasteiger partial charge in [0.1, 0.15) is 11.4 Å². The van der Waals surface area contributed by atoms with Crippen molar-refractivity contribution in [3.63, 3.8) is 0 Å². The molecule has 0 radical (unpaired) electrons. The van der Waals surface area contributed by atoms with Gasteiger partial charge in [0, 0.05) is 0 Å². The van der Waals surface area contributed by atoms with E-state index in [1.54, 1.807) is 20.8 Å². The SMILES string of the molecule is CCCOc1ccc(C[C@@H](CO)NC(=O)OC(C)(C)C)cc1. The van der Waals surface area contributed by atoms with Crippen molar-refractivity contribution in [3.05, 3.63) is 29.8 Å². The molecule has 0 aromatic heterocycles. The number of hydrogen-bond donors (Lipinski definition) is 2. The van der Waals surface area contributed by atoms with Crippen molar-refractivity contribution in [3.8, 4) is 5.75 Å². The van der Waals surface area contributed by atoms with Gasteiger partial charge in [-0.3, -0.25) is 0 Å². The molecule has 22 heavy (non-hydrogen) atoms. The van der Waals surface area contributed by atoms with Gasteiger partial charge in [0.25, 0.3) is 0 Å². The summed E-state index contributed by atoms with van der Waals surface area (Å²) in [6, 6.07) is 7.28. The fourth-order valence-corrected chi connectivity index (χ4v) is 1.86. The number of hydrogen-bond acceptors (Lipinski definition) is 4. The summed E-state index contributed by atoms with van der Waals surface area (Å²) in [6.07, 6.45) is 0.979. The summed E-state index contributed by atoms with van der Waals surface area (Å²) >= 11 is 0.